The van der Waals surface area contributed by atoms with Gasteiger partial charge in [-0.1, -0.05) is 36.4 Å². The number of ether oxygens (including phenoxy) is 1. The molecule has 0 radical (unpaired) electrons. The number of hydrogen-bond acceptors (Lipinski definition) is 6. The first-order valence-corrected chi connectivity index (χ1v) is 11.8. The van der Waals surface area contributed by atoms with Crippen LogP contribution in [0.4, 0.5) is 5.82 Å². The minimum absolute atomic E-state index is 0.0521. The van der Waals surface area contributed by atoms with Gasteiger partial charge in [-0.15, -0.1) is 0 Å². The number of aromatic amines is 1. The van der Waals surface area contributed by atoms with Gasteiger partial charge in [-0.05, 0) is 59.7 Å². The number of hydrogen-bond donors (Lipinski definition) is 2. The molecule has 0 fully saturated rings. The van der Waals surface area contributed by atoms with E-state index in [0.717, 1.165) is 28.0 Å². The third-order valence-electron chi connectivity index (χ3n) is 6.00. The first kappa shape index (κ1) is 24.3. The molecule has 3 aromatic carbocycles. The number of nitrogen functional groups attached to an aromatic ring is 1. The van der Waals surface area contributed by atoms with Crippen molar-refractivity contribution in [3.63, 3.8) is 0 Å². The number of anilines is 1. The zero-order valence-electron chi connectivity index (χ0n) is 20.8. The van der Waals surface area contributed by atoms with E-state index in [9.17, 15) is 10.1 Å². The number of fused-ring (bicyclic) bond motifs is 1. The van der Waals surface area contributed by atoms with Crippen LogP contribution in [0.25, 0.3) is 39.4 Å². The number of pyridine rings is 1. The molecule has 2 aromatic heterocycles. The smallest absolute Gasteiger partial charge is 0.264 e. The Hall–Kier alpha value is -5.42. The molecule has 2 heterocycles. The Bertz CT molecular complexity index is 1700. The molecule has 0 saturated carbocycles. The molecular weight excluding hydrogens is 476 g/mol. The highest BCUT2D eigenvalue weighted by Gasteiger charge is 2.17. The Morgan fingerprint density at radius 3 is 2.45 bits per heavy atom. The van der Waals surface area contributed by atoms with E-state index in [1.807, 2.05) is 84.9 Å². The number of amides is 1. The number of H-pyrrole nitrogens is 1. The first-order valence-electron chi connectivity index (χ1n) is 11.8. The van der Waals surface area contributed by atoms with Crippen LogP contribution >= 0.6 is 0 Å². The average Bonchev–Trinajstić information content (AvgIpc) is 3.33. The van der Waals surface area contributed by atoms with E-state index in [0.29, 0.717) is 28.2 Å². The van der Waals surface area contributed by atoms with E-state index in [4.69, 9.17) is 15.5 Å². The van der Waals surface area contributed by atoms with Crippen LogP contribution < -0.4 is 10.5 Å². The van der Waals surface area contributed by atoms with E-state index in [1.54, 1.807) is 26.4 Å². The number of aromatic nitrogens is 3. The third kappa shape index (κ3) is 4.81. The maximum atomic E-state index is 12.3. The SMILES string of the molecule is CN(C)C(=O)C(C#N)=Cc1cccc(-c2cnc(-c3ccc(Oc4ccccc4)cc3)c3c(N)n[nH]c23)c1. The summed E-state index contributed by atoms with van der Waals surface area (Å²) in [4.78, 5) is 18.4. The summed E-state index contributed by atoms with van der Waals surface area (Å²) in [5.74, 6) is 1.46. The van der Waals surface area contributed by atoms with Crippen molar-refractivity contribution in [3.8, 4) is 40.0 Å². The molecule has 38 heavy (non-hydrogen) atoms. The molecule has 0 aliphatic rings. The van der Waals surface area contributed by atoms with Crippen LogP contribution in [0.1, 0.15) is 5.56 Å². The summed E-state index contributed by atoms with van der Waals surface area (Å²) in [5.41, 5.74) is 11.0. The van der Waals surface area contributed by atoms with Crippen LogP contribution in [0.3, 0.4) is 0 Å². The van der Waals surface area contributed by atoms with Gasteiger partial charge in [-0.3, -0.25) is 14.9 Å². The van der Waals surface area contributed by atoms with Gasteiger partial charge in [0.2, 0.25) is 0 Å². The lowest BCUT2D eigenvalue weighted by Crippen LogP contribution is -2.22. The molecule has 8 nitrogen and oxygen atoms in total. The Labute approximate surface area is 219 Å². The maximum Gasteiger partial charge on any atom is 0.264 e. The first-order chi connectivity index (χ1) is 18.4. The van der Waals surface area contributed by atoms with Gasteiger partial charge in [0.15, 0.2) is 5.82 Å². The van der Waals surface area contributed by atoms with E-state index in [2.05, 4.69) is 10.2 Å². The third-order valence-corrected chi connectivity index (χ3v) is 6.00. The molecule has 0 spiro atoms. The Balaban J connectivity index is 1.51. The predicted octanol–water partition coefficient (Wildman–Crippen LogP) is 5.66. The lowest BCUT2D eigenvalue weighted by atomic mass is 9.99. The molecule has 0 bridgehead atoms. The lowest BCUT2D eigenvalue weighted by Gasteiger charge is -2.10. The molecule has 0 unspecified atom stereocenters. The molecule has 0 atom stereocenters. The number of nitrogens with one attached hydrogen (secondary N) is 1. The normalized spacial score (nSPS) is 11.2. The van der Waals surface area contributed by atoms with Crippen molar-refractivity contribution in [3.05, 3.63) is 96.2 Å². The summed E-state index contributed by atoms with van der Waals surface area (Å²) >= 11 is 0. The van der Waals surface area contributed by atoms with E-state index in [-0.39, 0.29) is 11.5 Å². The van der Waals surface area contributed by atoms with Crippen LogP contribution in [0.5, 0.6) is 11.5 Å². The number of carbonyl (C=O) groups excluding carboxylic acids is 1. The molecule has 0 aliphatic carbocycles. The fourth-order valence-electron chi connectivity index (χ4n) is 4.14. The van der Waals surface area contributed by atoms with Crippen LogP contribution in [-0.2, 0) is 4.79 Å². The quantitative estimate of drug-likeness (QED) is 0.229. The van der Waals surface area contributed by atoms with Gasteiger partial charge < -0.3 is 15.4 Å². The monoisotopic (exact) mass is 500 g/mol. The van der Waals surface area contributed by atoms with E-state index in [1.165, 1.54) is 4.90 Å². The van der Waals surface area contributed by atoms with Crippen molar-refractivity contribution < 1.29 is 9.53 Å². The molecule has 3 N–H and O–H groups in total. The summed E-state index contributed by atoms with van der Waals surface area (Å²) in [6.45, 7) is 0. The number of likely N-dealkylation sites (N-methyl/N-ethyl adjacent to an activating group) is 1. The number of nitrogens with zero attached hydrogens (tertiary/aromatic N) is 4. The summed E-state index contributed by atoms with van der Waals surface area (Å²) in [7, 11) is 3.22. The Kier molecular flexibility index (Phi) is 6.57. The van der Waals surface area contributed by atoms with Gasteiger partial charge in [0.25, 0.3) is 5.91 Å². The van der Waals surface area contributed by atoms with Crippen LogP contribution in [-0.4, -0.2) is 40.1 Å². The molecule has 186 valence electrons. The lowest BCUT2D eigenvalue weighted by molar-refractivity contribution is -0.124. The van der Waals surface area contributed by atoms with Crippen molar-refractivity contribution in [1.29, 1.82) is 5.26 Å². The van der Waals surface area contributed by atoms with Crippen molar-refractivity contribution in [1.82, 2.24) is 20.1 Å². The van der Waals surface area contributed by atoms with Crippen LogP contribution in [0, 0.1) is 11.3 Å². The second-order valence-electron chi connectivity index (χ2n) is 8.81. The highest BCUT2D eigenvalue weighted by Crippen LogP contribution is 2.36. The fraction of sp³-hybridized carbons (Fsp3) is 0.0667. The molecule has 1 amide bonds. The largest absolute Gasteiger partial charge is 0.457 e. The number of benzene rings is 3. The minimum atomic E-state index is -0.354. The van der Waals surface area contributed by atoms with E-state index >= 15 is 0 Å². The molecule has 0 aliphatic heterocycles. The highest BCUT2D eigenvalue weighted by atomic mass is 16.5. The van der Waals surface area contributed by atoms with Gasteiger partial charge in [0, 0.05) is 31.4 Å². The summed E-state index contributed by atoms with van der Waals surface area (Å²) in [5, 5.41) is 17.5. The molecule has 8 heteroatoms. The number of nitriles is 1. The Morgan fingerprint density at radius 2 is 1.74 bits per heavy atom. The van der Waals surface area contributed by atoms with Gasteiger partial charge in [0.05, 0.1) is 16.6 Å². The van der Waals surface area contributed by atoms with Crippen molar-refractivity contribution >= 4 is 28.7 Å². The number of rotatable bonds is 6. The van der Waals surface area contributed by atoms with Gasteiger partial charge >= 0.3 is 0 Å². The maximum absolute atomic E-state index is 12.3. The second kappa shape index (κ2) is 10.3. The zero-order chi connectivity index (χ0) is 26.6. The van der Waals surface area contributed by atoms with Gasteiger partial charge in [-0.25, -0.2) is 0 Å². The predicted molar refractivity (Wildman–Crippen MR) is 148 cm³/mol. The minimum Gasteiger partial charge on any atom is -0.457 e. The van der Waals surface area contributed by atoms with Crippen LogP contribution in [0.15, 0.2) is 90.6 Å². The molecule has 5 rings (SSSR count). The molecular formula is C30H24N6O2. The van der Waals surface area contributed by atoms with Crippen LogP contribution in [0.2, 0.25) is 0 Å². The standard InChI is InChI=1S/C30H24N6O2/c1-36(2)30(37)22(17-31)16-19-7-6-8-21(15-19)25-18-33-27(26-28(25)34-35-29(26)32)20-11-13-24(14-12-20)38-23-9-4-3-5-10-23/h3-16,18H,1-2H3,(H3,32,34,35). The van der Waals surface area contributed by atoms with Crippen molar-refractivity contribution in [2.45, 2.75) is 0 Å². The average molecular weight is 501 g/mol. The highest BCUT2D eigenvalue weighted by molar-refractivity contribution is 6.06. The second-order valence-corrected chi connectivity index (χ2v) is 8.81. The summed E-state index contributed by atoms with van der Waals surface area (Å²) < 4.78 is 5.90. The molecule has 5 aromatic rings. The van der Waals surface area contributed by atoms with E-state index < -0.39 is 0 Å². The van der Waals surface area contributed by atoms with Gasteiger partial charge in [0.1, 0.15) is 23.1 Å². The fourth-order valence-corrected chi connectivity index (χ4v) is 4.14. The topological polar surface area (TPSA) is 121 Å². The van der Waals surface area contributed by atoms with Gasteiger partial charge in [-0.2, -0.15) is 10.4 Å². The summed E-state index contributed by atoms with van der Waals surface area (Å²) in [6.07, 6.45) is 3.34. The number of para-hydroxylation sites is 1. The van der Waals surface area contributed by atoms with Crippen molar-refractivity contribution in [2.24, 2.45) is 0 Å². The number of nitrogens with two attached hydrogens (primary N) is 1. The Morgan fingerprint density at radius 1 is 1.00 bits per heavy atom. The summed E-state index contributed by atoms with van der Waals surface area (Å²) in [6, 6.07) is 26.7. The molecule has 0 saturated heterocycles. The number of carbonyl (C=O) groups is 1. The zero-order valence-corrected chi connectivity index (χ0v) is 20.8. The van der Waals surface area contributed by atoms with Crippen molar-refractivity contribution in [2.75, 3.05) is 19.8 Å².